The Labute approximate surface area is 155 Å². The zero-order valence-corrected chi connectivity index (χ0v) is 14.8. The van der Waals surface area contributed by atoms with Crippen LogP contribution in [0.5, 0.6) is 0 Å². The molecule has 0 atom stereocenters. The highest BCUT2D eigenvalue weighted by Crippen LogP contribution is 2.24. The summed E-state index contributed by atoms with van der Waals surface area (Å²) < 4.78 is 14.8. The lowest BCUT2D eigenvalue weighted by atomic mass is 9.86. The van der Waals surface area contributed by atoms with Crippen LogP contribution in [0.25, 0.3) is 0 Å². The first-order chi connectivity index (χ1) is 13.0. The van der Waals surface area contributed by atoms with Gasteiger partial charge in [0.25, 0.3) is 0 Å². The molecule has 0 aliphatic heterocycles. The Balaban J connectivity index is 1.42. The molecule has 0 spiro atoms. The van der Waals surface area contributed by atoms with Crippen LogP contribution in [0.2, 0.25) is 0 Å². The van der Waals surface area contributed by atoms with Gasteiger partial charge in [0.1, 0.15) is 12.1 Å². The summed E-state index contributed by atoms with van der Waals surface area (Å²) in [4.78, 5) is 27.1. The third kappa shape index (κ3) is 5.50. The number of urea groups is 1. The van der Waals surface area contributed by atoms with Gasteiger partial charge in [0.2, 0.25) is 0 Å². The van der Waals surface area contributed by atoms with Gasteiger partial charge in [0, 0.05) is 6.04 Å². The Hall–Kier alpha value is -2.97. The number of rotatable bonds is 6. The predicted molar refractivity (Wildman–Crippen MR) is 94.3 cm³/mol. The van der Waals surface area contributed by atoms with Crippen molar-refractivity contribution in [1.82, 2.24) is 25.4 Å². The zero-order valence-electron chi connectivity index (χ0n) is 14.8. The highest BCUT2D eigenvalue weighted by molar-refractivity contribution is 5.74. The minimum atomic E-state index is -0.766. The molecule has 0 radical (unpaired) electrons. The number of carbonyl (C=O) groups excluding carboxylic acids is 1. The molecule has 3 rings (SSSR count). The Morgan fingerprint density at radius 3 is 2.74 bits per heavy atom. The third-order valence-corrected chi connectivity index (χ3v) is 4.64. The van der Waals surface area contributed by atoms with Gasteiger partial charge in [-0.2, -0.15) is 5.10 Å². The molecular formula is C18H22FN5O3. The number of halogens is 1. The van der Waals surface area contributed by atoms with Gasteiger partial charge >= 0.3 is 12.0 Å². The van der Waals surface area contributed by atoms with Crippen molar-refractivity contribution in [2.45, 2.75) is 44.8 Å². The average molecular weight is 375 g/mol. The number of carbonyl (C=O) groups is 2. The van der Waals surface area contributed by atoms with Crippen LogP contribution < -0.4 is 10.6 Å². The van der Waals surface area contributed by atoms with E-state index in [4.69, 9.17) is 5.11 Å². The van der Waals surface area contributed by atoms with Crippen LogP contribution in [0.1, 0.15) is 37.1 Å². The second-order valence-corrected chi connectivity index (χ2v) is 6.70. The zero-order chi connectivity index (χ0) is 19.2. The fraction of sp³-hybridized carbons (Fsp3) is 0.444. The van der Waals surface area contributed by atoms with Crippen LogP contribution in [0.15, 0.2) is 30.6 Å². The van der Waals surface area contributed by atoms with Crippen molar-refractivity contribution in [3.05, 3.63) is 47.8 Å². The molecule has 1 saturated carbocycles. The molecule has 8 nitrogen and oxygen atoms in total. The van der Waals surface area contributed by atoms with Crippen molar-refractivity contribution >= 4 is 12.0 Å². The Bertz CT molecular complexity index is 802. The van der Waals surface area contributed by atoms with Gasteiger partial charge in [-0.1, -0.05) is 12.1 Å². The SMILES string of the molecule is O=C(NCc1ncn(Cc2cccc(F)c2)n1)NC1CCC(C(=O)O)CC1. The van der Waals surface area contributed by atoms with Crippen LogP contribution in [0, 0.1) is 11.7 Å². The van der Waals surface area contributed by atoms with Crippen LogP contribution >= 0.6 is 0 Å². The van der Waals surface area contributed by atoms with E-state index in [9.17, 15) is 14.0 Å². The van der Waals surface area contributed by atoms with E-state index in [1.807, 2.05) is 0 Å². The molecule has 1 fully saturated rings. The summed E-state index contributed by atoms with van der Waals surface area (Å²) in [6.07, 6.45) is 4.00. The third-order valence-electron chi connectivity index (χ3n) is 4.64. The molecule has 3 N–H and O–H groups in total. The van der Waals surface area contributed by atoms with E-state index in [1.165, 1.54) is 18.5 Å². The molecule has 1 heterocycles. The Morgan fingerprint density at radius 2 is 2.04 bits per heavy atom. The van der Waals surface area contributed by atoms with Gasteiger partial charge in [-0.05, 0) is 43.4 Å². The maximum atomic E-state index is 13.2. The average Bonchev–Trinajstić information content (AvgIpc) is 3.08. The van der Waals surface area contributed by atoms with Crippen molar-refractivity contribution < 1.29 is 19.1 Å². The van der Waals surface area contributed by atoms with Gasteiger partial charge < -0.3 is 15.7 Å². The van der Waals surface area contributed by atoms with Gasteiger partial charge in [0.05, 0.1) is 19.0 Å². The molecule has 1 aliphatic carbocycles. The first-order valence-corrected chi connectivity index (χ1v) is 8.89. The van der Waals surface area contributed by atoms with Gasteiger partial charge in [-0.3, -0.25) is 4.79 Å². The van der Waals surface area contributed by atoms with Crippen LogP contribution in [-0.2, 0) is 17.9 Å². The van der Waals surface area contributed by atoms with E-state index in [1.54, 1.807) is 16.8 Å². The number of carboxylic acids is 1. The Kier molecular flexibility index (Phi) is 6.00. The van der Waals surface area contributed by atoms with Gasteiger partial charge in [0.15, 0.2) is 5.82 Å². The number of nitrogens with one attached hydrogen (secondary N) is 2. The minimum Gasteiger partial charge on any atom is -0.481 e. The molecule has 9 heteroatoms. The first kappa shape index (κ1) is 18.8. The molecule has 2 amide bonds. The molecule has 1 aromatic carbocycles. The van der Waals surface area contributed by atoms with E-state index in [0.717, 1.165) is 5.56 Å². The van der Waals surface area contributed by atoms with E-state index in [2.05, 4.69) is 20.7 Å². The molecule has 1 aliphatic rings. The molecule has 144 valence electrons. The molecule has 2 aromatic rings. The molecular weight excluding hydrogens is 353 g/mol. The smallest absolute Gasteiger partial charge is 0.315 e. The van der Waals surface area contributed by atoms with E-state index in [0.29, 0.717) is 38.1 Å². The van der Waals surface area contributed by atoms with Gasteiger partial charge in [-0.25, -0.2) is 18.9 Å². The fourth-order valence-electron chi connectivity index (χ4n) is 3.19. The maximum Gasteiger partial charge on any atom is 0.315 e. The topological polar surface area (TPSA) is 109 Å². The first-order valence-electron chi connectivity index (χ1n) is 8.89. The highest BCUT2D eigenvalue weighted by atomic mass is 19.1. The minimum absolute atomic E-state index is 0.0147. The number of benzene rings is 1. The largest absolute Gasteiger partial charge is 0.481 e. The highest BCUT2D eigenvalue weighted by Gasteiger charge is 2.26. The Morgan fingerprint density at radius 1 is 1.26 bits per heavy atom. The second kappa shape index (κ2) is 8.61. The number of hydrogen-bond acceptors (Lipinski definition) is 4. The van der Waals surface area contributed by atoms with Crippen LogP contribution in [0.4, 0.5) is 9.18 Å². The van der Waals surface area contributed by atoms with Gasteiger partial charge in [-0.15, -0.1) is 0 Å². The van der Waals surface area contributed by atoms with E-state index >= 15 is 0 Å². The molecule has 0 saturated heterocycles. The van der Waals surface area contributed by atoms with E-state index < -0.39 is 5.97 Å². The number of hydrogen-bond donors (Lipinski definition) is 3. The lowest BCUT2D eigenvalue weighted by Gasteiger charge is -2.26. The van der Waals surface area contributed by atoms with Crippen molar-refractivity contribution in [2.75, 3.05) is 0 Å². The summed E-state index contributed by atoms with van der Waals surface area (Å²) in [5, 5.41) is 18.8. The van der Waals surface area contributed by atoms with Crippen molar-refractivity contribution in [3.8, 4) is 0 Å². The van der Waals surface area contributed by atoms with Crippen molar-refractivity contribution in [2.24, 2.45) is 5.92 Å². The monoisotopic (exact) mass is 375 g/mol. The summed E-state index contributed by atoms with van der Waals surface area (Å²) in [5.74, 6) is -0.921. The quantitative estimate of drug-likeness (QED) is 0.715. The van der Waals surface area contributed by atoms with Crippen LogP contribution in [-0.4, -0.2) is 37.9 Å². The maximum absolute atomic E-state index is 13.2. The van der Waals surface area contributed by atoms with Crippen LogP contribution in [0.3, 0.4) is 0 Å². The lowest BCUT2D eigenvalue weighted by Crippen LogP contribution is -2.44. The molecule has 0 unspecified atom stereocenters. The summed E-state index contributed by atoms with van der Waals surface area (Å²) in [6, 6.07) is 5.92. The summed E-state index contributed by atoms with van der Waals surface area (Å²) >= 11 is 0. The molecule has 0 bridgehead atoms. The predicted octanol–water partition coefficient (Wildman–Crippen LogP) is 1.91. The summed E-state index contributed by atoms with van der Waals surface area (Å²) in [6.45, 7) is 0.566. The summed E-state index contributed by atoms with van der Waals surface area (Å²) in [7, 11) is 0. The lowest BCUT2D eigenvalue weighted by molar-refractivity contribution is -0.142. The van der Waals surface area contributed by atoms with Crippen molar-refractivity contribution in [3.63, 3.8) is 0 Å². The van der Waals surface area contributed by atoms with E-state index in [-0.39, 0.29) is 30.4 Å². The van der Waals surface area contributed by atoms with Crippen molar-refractivity contribution in [1.29, 1.82) is 0 Å². The standard InChI is InChI=1S/C18H22FN5O3/c19-14-3-1-2-12(8-14)10-24-11-21-16(23-24)9-20-18(27)22-15-6-4-13(5-7-15)17(25)26/h1-3,8,11,13,15H,4-7,9-10H2,(H,25,26)(H2,20,22,27). The number of amides is 2. The number of aliphatic carboxylic acids is 1. The molecule has 1 aromatic heterocycles. The normalized spacial score (nSPS) is 19.4. The number of nitrogens with zero attached hydrogens (tertiary/aromatic N) is 3. The number of carboxylic acid groups (broad SMARTS) is 1. The number of aromatic nitrogens is 3. The fourth-order valence-corrected chi connectivity index (χ4v) is 3.19. The second-order valence-electron chi connectivity index (χ2n) is 6.70. The summed E-state index contributed by atoms with van der Waals surface area (Å²) in [5.41, 5.74) is 0.772. The molecule has 27 heavy (non-hydrogen) atoms.